The second-order valence-electron chi connectivity index (χ2n) is 6.61. The molecule has 0 spiro atoms. The Morgan fingerprint density at radius 2 is 1.59 bits per heavy atom. The third-order valence-electron chi connectivity index (χ3n) is 5.54. The molecule has 0 radical (unpaired) electrons. The Kier molecular flexibility index (Phi) is 3.19. The molecule has 1 aromatic carbocycles. The topological polar surface area (TPSA) is 10.4 Å². The fourth-order valence-corrected chi connectivity index (χ4v) is 4.31. The van der Waals surface area contributed by atoms with Crippen LogP contribution in [0, 0.1) is 0 Å². The monoisotopic (exact) mass is 294 g/mol. The number of aromatic nitrogens is 1. The van der Waals surface area contributed by atoms with Gasteiger partial charge in [-0.3, -0.25) is 4.90 Å². The normalized spacial score (nSPS) is 27.6. The summed E-state index contributed by atoms with van der Waals surface area (Å²) in [7, 11) is 4.42. The van der Waals surface area contributed by atoms with Gasteiger partial charge in [0.25, 0.3) is 5.82 Å². The number of hydrogen-bond donors (Lipinski definition) is 0. The molecule has 0 saturated carbocycles. The van der Waals surface area contributed by atoms with E-state index in [1.165, 1.54) is 29.8 Å². The van der Waals surface area contributed by atoms with Crippen molar-refractivity contribution in [1.82, 2.24) is 4.90 Å². The smallest absolute Gasteiger partial charge is 0.261 e. The van der Waals surface area contributed by atoms with Crippen LogP contribution in [0.15, 0.2) is 48.7 Å². The SMILES string of the molecule is CC1N(C)C2CCC(c3ccccc32)N1c1cccc[n+]1C. The second-order valence-corrected chi connectivity index (χ2v) is 6.61. The molecule has 22 heavy (non-hydrogen) atoms. The predicted molar refractivity (Wildman–Crippen MR) is 88.5 cm³/mol. The number of hydrogen-bond acceptors (Lipinski definition) is 2. The van der Waals surface area contributed by atoms with Crippen molar-refractivity contribution in [2.75, 3.05) is 11.9 Å². The maximum Gasteiger partial charge on any atom is 0.278 e. The van der Waals surface area contributed by atoms with Gasteiger partial charge in [0, 0.05) is 17.7 Å². The summed E-state index contributed by atoms with van der Waals surface area (Å²) in [5.74, 6) is 1.30. The van der Waals surface area contributed by atoms with Crippen molar-refractivity contribution in [2.45, 2.75) is 38.0 Å². The third-order valence-corrected chi connectivity index (χ3v) is 5.54. The van der Waals surface area contributed by atoms with Crippen molar-refractivity contribution in [3.63, 3.8) is 0 Å². The maximum absolute atomic E-state index is 2.60. The first kappa shape index (κ1) is 13.8. The number of nitrogens with zero attached hydrogens (tertiary/aromatic N) is 3. The average molecular weight is 294 g/mol. The molecule has 2 aliphatic heterocycles. The summed E-state index contributed by atoms with van der Waals surface area (Å²) in [5.41, 5.74) is 3.04. The molecule has 3 atom stereocenters. The number of fused-ring (bicyclic) bond motifs is 3. The lowest BCUT2D eigenvalue weighted by Crippen LogP contribution is -2.48. The molecule has 114 valence electrons. The Labute approximate surface area is 132 Å². The Balaban J connectivity index is 1.91. The number of anilines is 1. The summed E-state index contributed by atoms with van der Waals surface area (Å²) < 4.78 is 2.24. The Morgan fingerprint density at radius 3 is 2.32 bits per heavy atom. The summed E-state index contributed by atoms with van der Waals surface area (Å²) in [5, 5.41) is 0. The zero-order valence-corrected chi connectivity index (χ0v) is 13.6. The summed E-state index contributed by atoms with van der Waals surface area (Å²) in [6, 6.07) is 16.5. The molecule has 1 aliphatic carbocycles. The van der Waals surface area contributed by atoms with Gasteiger partial charge in [0.05, 0.1) is 13.2 Å². The molecular formula is C19H24N3+. The third kappa shape index (κ3) is 1.88. The highest BCUT2D eigenvalue weighted by molar-refractivity contribution is 5.46. The molecule has 2 bridgehead atoms. The van der Waals surface area contributed by atoms with Gasteiger partial charge in [0.1, 0.15) is 12.2 Å². The van der Waals surface area contributed by atoms with Crippen LogP contribution in [-0.4, -0.2) is 18.1 Å². The molecule has 2 aromatic rings. The van der Waals surface area contributed by atoms with Crippen molar-refractivity contribution in [3.05, 3.63) is 59.8 Å². The molecule has 5 rings (SSSR count). The molecule has 3 nitrogen and oxygen atoms in total. The molecule has 0 N–H and O–H groups in total. The standard InChI is InChI=1S/C19H24N3/c1-14-21(3)17-11-12-18(16-9-5-4-8-15(16)17)22(14)19-10-6-7-13-20(19)2/h4-10,13-14,17-18H,11-12H2,1-3H3/q+1. The van der Waals surface area contributed by atoms with Gasteiger partial charge in [0.15, 0.2) is 0 Å². The Bertz CT molecular complexity index is 697. The van der Waals surface area contributed by atoms with Crippen LogP contribution in [0.2, 0.25) is 0 Å². The Morgan fingerprint density at radius 1 is 0.955 bits per heavy atom. The van der Waals surface area contributed by atoms with Gasteiger partial charge >= 0.3 is 0 Å². The highest BCUT2D eigenvalue weighted by atomic mass is 15.4. The minimum Gasteiger partial charge on any atom is -0.261 e. The molecule has 0 amide bonds. The van der Waals surface area contributed by atoms with Crippen molar-refractivity contribution >= 4 is 5.82 Å². The van der Waals surface area contributed by atoms with Crippen LogP contribution in [0.25, 0.3) is 0 Å². The van der Waals surface area contributed by atoms with Crippen LogP contribution in [0.1, 0.15) is 43.0 Å². The number of aryl methyl sites for hydroxylation is 1. The van der Waals surface area contributed by atoms with Gasteiger partial charge in [-0.1, -0.05) is 30.3 Å². The molecule has 3 unspecified atom stereocenters. The molecule has 3 heterocycles. The van der Waals surface area contributed by atoms with Crippen molar-refractivity contribution < 1.29 is 4.57 Å². The van der Waals surface area contributed by atoms with Crippen LogP contribution >= 0.6 is 0 Å². The zero-order valence-electron chi connectivity index (χ0n) is 13.6. The van der Waals surface area contributed by atoms with Gasteiger partial charge in [-0.25, -0.2) is 9.47 Å². The first-order valence-electron chi connectivity index (χ1n) is 8.22. The Hall–Kier alpha value is -1.87. The van der Waals surface area contributed by atoms with Gasteiger partial charge in [-0.15, -0.1) is 0 Å². The quantitative estimate of drug-likeness (QED) is 0.748. The van der Waals surface area contributed by atoms with Gasteiger partial charge in [0.2, 0.25) is 0 Å². The molecular weight excluding hydrogens is 270 g/mol. The van der Waals surface area contributed by atoms with E-state index in [0.29, 0.717) is 18.2 Å². The van der Waals surface area contributed by atoms with E-state index in [2.05, 4.69) is 84.0 Å². The molecule has 1 fully saturated rings. The number of pyridine rings is 1. The van der Waals surface area contributed by atoms with Crippen LogP contribution in [0.3, 0.4) is 0 Å². The van der Waals surface area contributed by atoms with Crippen LogP contribution < -0.4 is 9.47 Å². The van der Waals surface area contributed by atoms with E-state index in [-0.39, 0.29) is 0 Å². The highest BCUT2D eigenvalue weighted by Crippen LogP contribution is 2.47. The van der Waals surface area contributed by atoms with E-state index >= 15 is 0 Å². The highest BCUT2D eigenvalue weighted by Gasteiger charge is 2.46. The van der Waals surface area contributed by atoms with Crippen molar-refractivity contribution in [2.24, 2.45) is 7.05 Å². The van der Waals surface area contributed by atoms with E-state index in [0.717, 1.165) is 0 Å². The fraction of sp³-hybridized carbons (Fsp3) is 0.421. The molecule has 1 aromatic heterocycles. The molecule has 3 heteroatoms. The van der Waals surface area contributed by atoms with Crippen molar-refractivity contribution in [3.8, 4) is 0 Å². The van der Waals surface area contributed by atoms with Gasteiger partial charge in [-0.2, -0.15) is 0 Å². The zero-order chi connectivity index (χ0) is 15.3. The lowest BCUT2D eigenvalue weighted by molar-refractivity contribution is -0.659. The lowest BCUT2D eigenvalue weighted by Gasteiger charge is -2.32. The summed E-state index contributed by atoms with van der Waals surface area (Å²) in [6.07, 6.45) is 5.00. The molecule has 3 aliphatic rings. The van der Waals surface area contributed by atoms with Gasteiger partial charge < -0.3 is 0 Å². The predicted octanol–water partition coefficient (Wildman–Crippen LogP) is 3.19. The maximum atomic E-state index is 2.60. The first-order chi connectivity index (χ1) is 10.7. The fourth-order valence-electron chi connectivity index (χ4n) is 4.31. The largest absolute Gasteiger partial charge is 0.278 e. The minimum absolute atomic E-state index is 0.387. The summed E-state index contributed by atoms with van der Waals surface area (Å²) in [6.45, 7) is 2.34. The van der Waals surface area contributed by atoms with Crippen LogP contribution in [0.5, 0.6) is 0 Å². The molecule has 1 saturated heterocycles. The average Bonchev–Trinajstić information content (AvgIpc) is 2.72. The van der Waals surface area contributed by atoms with Gasteiger partial charge in [-0.05, 0) is 38.4 Å². The summed E-state index contributed by atoms with van der Waals surface area (Å²) in [4.78, 5) is 5.14. The van der Waals surface area contributed by atoms with E-state index in [1.807, 2.05) is 0 Å². The summed E-state index contributed by atoms with van der Waals surface area (Å²) >= 11 is 0. The van der Waals surface area contributed by atoms with Crippen molar-refractivity contribution in [1.29, 1.82) is 0 Å². The second kappa shape index (κ2) is 5.10. The number of rotatable bonds is 1. The van der Waals surface area contributed by atoms with Crippen LogP contribution in [0.4, 0.5) is 5.82 Å². The lowest BCUT2D eigenvalue weighted by atomic mass is 9.84. The van der Waals surface area contributed by atoms with E-state index in [9.17, 15) is 0 Å². The van der Waals surface area contributed by atoms with E-state index in [4.69, 9.17) is 0 Å². The number of benzene rings is 1. The minimum atomic E-state index is 0.387. The van der Waals surface area contributed by atoms with Crippen LogP contribution in [-0.2, 0) is 7.05 Å². The first-order valence-corrected chi connectivity index (χ1v) is 8.22. The van der Waals surface area contributed by atoms with E-state index in [1.54, 1.807) is 0 Å². The van der Waals surface area contributed by atoms with E-state index < -0.39 is 0 Å².